The van der Waals surface area contributed by atoms with Gasteiger partial charge < -0.3 is 9.47 Å². The molecule has 0 aliphatic carbocycles. The third-order valence-electron chi connectivity index (χ3n) is 3.28. The topological polar surface area (TPSA) is 52.6 Å². The molecule has 0 fully saturated rings. The van der Waals surface area contributed by atoms with Crippen molar-refractivity contribution in [2.45, 2.75) is 40.0 Å². The molecular formula is C18H24O4. The van der Waals surface area contributed by atoms with Crippen LogP contribution in [0.4, 0.5) is 0 Å². The molecule has 0 aromatic heterocycles. The Bertz CT molecular complexity index is 571. The fraction of sp³-hybridized carbons (Fsp3) is 0.444. The number of carbonyl (C=O) groups excluding carboxylic acids is 2. The van der Waals surface area contributed by atoms with Gasteiger partial charge in [0.15, 0.2) is 5.78 Å². The van der Waals surface area contributed by atoms with Crippen LogP contribution in [0.5, 0.6) is 5.75 Å². The van der Waals surface area contributed by atoms with Crippen LogP contribution in [0.15, 0.2) is 24.3 Å². The highest BCUT2D eigenvalue weighted by Gasteiger charge is 2.15. The van der Waals surface area contributed by atoms with E-state index in [2.05, 4.69) is 25.5 Å². The lowest BCUT2D eigenvalue weighted by atomic mass is 9.94. The van der Waals surface area contributed by atoms with E-state index in [1.54, 1.807) is 0 Å². The lowest BCUT2D eigenvalue weighted by Crippen LogP contribution is -2.06. The summed E-state index contributed by atoms with van der Waals surface area (Å²) in [7, 11) is 1.28. The van der Waals surface area contributed by atoms with Crippen LogP contribution in [0.3, 0.4) is 0 Å². The molecule has 0 radical (unpaired) electrons. The highest BCUT2D eigenvalue weighted by Crippen LogP contribution is 2.30. The van der Waals surface area contributed by atoms with Gasteiger partial charge >= 0.3 is 5.97 Å². The summed E-state index contributed by atoms with van der Waals surface area (Å²) in [6.45, 7) is 8.68. The zero-order valence-corrected chi connectivity index (χ0v) is 13.9. The zero-order chi connectivity index (χ0) is 16.7. The second-order valence-corrected chi connectivity index (χ2v) is 5.43. The van der Waals surface area contributed by atoms with Crippen LogP contribution in [0.2, 0.25) is 0 Å². The maximum atomic E-state index is 12.3. The average Bonchev–Trinajstić information content (AvgIpc) is 2.49. The number of benzene rings is 1. The highest BCUT2D eigenvalue weighted by atomic mass is 16.5. The highest BCUT2D eigenvalue weighted by molar-refractivity contribution is 6.08. The van der Waals surface area contributed by atoms with Crippen LogP contribution in [0, 0.1) is 6.92 Å². The molecule has 0 N–H and O–H groups in total. The van der Waals surface area contributed by atoms with Gasteiger partial charge in [0.05, 0.1) is 13.7 Å². The van der Waals surface area contributed by atoms with Gasteiger partial charge in [-0.05, 0) is 48.6 Å². The van der Waals surface area contributed by atoms with E-state index in [-0.39, 0.29) is 11.7 Å². The van der Waals surface area contributed by atoms with Crippen molar-refractivity contribution < 1.29 is 19.1 Å². The molecule has 0 amide bonds. The molecule has 0 spiro atoms. The predicted molar refractivity (Wildman–Crippen MR) is 86.5 cm³/mol. The van der Waals surface area contributed by atoms with Gasteiger partial charge in [-0.2, -0.15) is 0 Å². The molecule has 4 nitrogen and oxygen atoms in total. The molecular weight excluding hydrogens is 280 g/mol. The Morgan fingerprint density at radius 1 is 1.23 bits per heavy atom. The Morgan fingerprint density at radius 3 is 2.45 bits per heavy atom. The maximum Gasteiger partial charge on any atom is 0.330 e. The normalized spacial score (nSPS) is 11.0. The Hall–Kier alpha value is -2.10. The smallest absolute Gasteiger partial charge is 0.330 e. The van der Waals surface area contributed by atoms with Crippen LogP contribution in [-0.2, 0) is 9.53 Å². The van der Waals surface area contributed by atoms with Crippen LogP contribution in [-0.4, -0.2) is 25.5 Å². The first-order chi connectivity index (χ1) is 10.4. The molecule has 4 heteroatoms. The number of methoxy groups -OCH3 is 1. The Morgan fingerprint density at radius 2 is 1.91 bits per heavy atom. The van der Waals surface area contributed by atoms with Crippen LogP contribution in [0.25, 0.3) is 0 Å². The molecule has 0 aliphatic heterocycles. The van der Waals surface area contributed by atoms with Gasteiger partial charge in [-0.1, -0.05) is 20.8 Å². The monoisotopic (exact) mass is 304 g/mol. The van der Waals surface area contributed by atoms with Gasteiger partial charge in [-0.25, -0.2) is 4.79 Å². The zero-order valence-electron chi connectivity index (χ0n) is 13.9. The van der Waals surface area contributed by atoms with E-state index in [0.29, 0.717) is 12.2 Å². The molecule has 0 saturated carbocycles. The van der Waals surface area contributed by atoms with Gasteiger partial charge in [-0.15, -0.1) is 0 Å². The molecule has 0 atom stereocenters. The molecule has 1 aromatic rings. The van der Waals surface area contributed by atoms with Crippen molar-refractivity contribution in [1.82, 2.24) is 0 Å². The molecule has 0 saturated heterocycles. The second-order valence-electron chi connectivity index (χ2n) is 5.43. The maximum absolute atomic E-state index is 12.3. The van der Waals surface area contributed by atoms with Crippen LogP contribution in [0.1, 0.15) is 54.6 Å². The van der Waals surface area contributed by atoms with E-state index < -0.39 is 5.97 Å². The van der Waals surface area contributed by atoms with Crippen molar-refractivity contribution in [1.29, 1.82) is 0 Å². The summed E-state index contributed by atoms with van der Waals surface area (Å²) in [4.78, 5) is 23.3. The van der Waals surface area contributed by atoms with Crippen molar-refractivity contribution in [2.75, 3.05) is 13.7 Å². The minimum atomic E-state index is -0.544. The average molecular weight is 304 g/mol. The molecule has 22 heavy (non-hydrogen) atoms. The van der Waals surface area contributed by atoms with Gasteiger partial charge in [0, 0.05) is 11.6 Å². The first kappa shape index (κ1) is 18.0. The van der Waals surface area contributed by atoms with Crippen molar-refractivity contribution in [3.05, 3.63) is 41.0 Å². The van der Waals surface area contributed by atoms with E-state index >= 15 is 0 Å². The fourth-order valence-electron chi connectivity index (χ4n) is 2.05. The summed E-state index contributed by atoms with van der Waals surface area (Å²) in [6, 6.07) is 3.75. The lowest BCUT2D eigenvalue weighted by Gasteiger charge is -2.16. The van der Waals surface area contributed by atoms with E-state index in [4.69, 9.17) is 4.74 Å². The molecule has 0 unspecified atom stereocenters. The summed E-state index contributed by atoms with van der Waals surface area (Å²) >= 11 is 0. The quantitative estimate of drug-likeness (QED) is 0.436. The van der Waals surface area contributed by atoms with Crippen LogP contribution < -0.4 is 4.74 Å². The molecule has 120 valence electrons. The number of rotatable bonds is 7. The largest absolute Gasteiger partial charge is 0.493 e. The molecule has 1 rings (SSSR count). The van der Waals surface area contributed by atoms with E-state index in [1.165, 1.54) is 13.2 Å². The number of hydrogen-bond donors (Lipinski definition) is 0. The standard InChI is InChI=1S/C18H24O4/c1-6-9-22-17-10-13(4)15(11-14(17)12(2)3)16(19)7-8-18(20)21-5/h7-8,10-12H,6,9H2,1-5H3/b8-7+. The first-order valence-electron chi connectivity index (χ1n) is 7.48. The summed E-state index contributed by atoms with van der Waals surface area (Å²) in [5.41, 5.74) is 2.40. The Kier molecular flexibility index (Phi) is 6.83. The minimum Gasteiger partial charge on any atom is -0.493 e. The summed E-state index contributed by atoms with van der Waals surface area (Å²) in [5, 5.41) is 0. The lowest BCUT2D eigenvalue weighted by molar-refractivity contribution is -0.134. The fourth-order valence-corrected chi connectivity index (χ4v) is 2.05. The number of esters is 1. The number of allylic oxidation sites excluding steroid dienone is 1. The number of carbonyl (C=O) groups is 2. The van der Waals surface area contributed by atoms with E-state index in [9.17, 15) is 9.59 Å². The summed E-state index contributed by atoms with van der Waals surface area (Å²) < 4.78 is 10.3. The number of ether oxygens (including phenoxy) is 2. The molecule has 0 aliphatic rings. The Labute approximate surface area is 132 Å². The number of aryl methyl sites for hydroxylation is 1. The number of ketones is 1. The van der Waals surface area contributed by atoms with Gasteiger partial charge in [0.1, 0.15) is 5.75 Å². The third-order valence-corrected chi connectivity index (χ3v) is 3.28. The second kappa shape index (κ2) is 8.37. The minimum absolute atomic E-state index is 0.216. The molecule has 0 bridgehead atoms. The van der Waals surface area contributed by atoms with Crippen molar-refractivity contribution in [2.24, 2.45) is 0 Å². The molecule has 1 aromatic carbocycles. The van der Waals surface area contributed by atoms with Crippen molar-refractivity contribution in [3.63, 3.8) is 0 Å². The first-order valence-corrected chi connectivity index (χ1v) is 7.48. The van der Waals surface area contributed by atoms with E-state index in [0.717, 1.165) is 29.4 Å². The number of hydrogen-bond acceptors (Lipinski definition) is 4. The summed E-state index contributed by atoms with van der Waals surface area (Å²) in [6.07, 6.45) is 3.31. The SMILES string of the molecule is CCCOc1cc(C)c(C(=O)/C=C/C(=O)OC)cc1C(C)C. The predicted octanol–water partition coefficient (Wildman–Crippen LogP) is 3.82. The van der Waals surface area contributed by atoms with Crippen molar-refractivity contribution >= 4 is 11.8 Å². The van der Waals surface area contributed by atoms with Gasteiger partial charge in [0.25, 0.3) is 0 Å². The third kappa shape index (κ3) is 4.72. The van der Waals surface area contributed by atoms with Gasteiger partial charge in [-0.3, -0.25) is 4.79 Å². The molecule has 0 heterocycles. The van der Waals surface area contributed by atoms with E-state index in [1.807, 2.05) is 19.1 Å². The summed E-state index contributed by atoms with van der Waals surface area (Å²) in [5.74, 6) is 0.302. The van der Waals surface area contributed by atoms with Crippen LogP contribution >= 0.6 is 0 Å². The Balaban J connectivity index is 3.15. The van der Waals surface area contributed by atoms with Crippen molar-refractivity contribution in [3.8, 4) is 5.75 Å². The van der Waals surface area contributed by atoms with Gasteiger partial charge in [0.2, 0.25) is 0 Å².